The molecule has 1 heterocycles. The minimum atomic E-state index is -3.66. The van der Waals surface area contributed by atoms with Gasteiger partial charge in [-0.3, -0.25) is 9.71 Å². The molecule has 0 spiro atoms. The number of sulfonamides is 1. The summed E-state index contributed by atoms with van der Waals surface area (Å²) in [6, 6.07) is 8.07. The molecule has 1 N–H and O–H groups in total. The van der Waals surface area contributed by atoms with Gasteiger partial charge in [-0.1, -0.05) is 0 Å². The highest BCUT2D eigenvalue weighted by molar-refractivity contribution is 9.10. The lowest BCUT2D eigenvalue weighted by atomic mass is 10.3. The molecule has 19 heavy (non-hydrogen) atoms. The topological polar surface area (TPSA) is 68.3 Å². The van der Waals surface area contributed by atoms with Crippen molar-refractivity contribution in [1.29, 1.82) is 0 Å². The molecule has 0 saturated heterocycles. The summed E-state index contributed by atoms with van der Waals surface area (Å²) in [5.41, 5.74) is 0.406. The van der Waals surface area contributed by atoms with Crippen molar-refractivity contribution < 1.29 is 13.2 Å². The third-order valence-electron chi connectivity index (χ3n) is 2.36. The van der Waals surface area contributed by atoms with Gasteiger partial charge in [0.15, 0.2) is 0 Å². The van der Waals surface area contributed by atoms with Gasteiger partial charge in [-0.15, -0.1) is 0 Å². The number of methoxy groups -OCH3 is 1. The van der Waals surface area contributed by atoms with E-state index in [1.807, 2.05) is 0 Å². The predicted molar refractivity (Wildman–Crippen MR) is 75.7 cm³/mol. The van der Waals surface area contributed by atoms with Crippen molar-refractivity contribution in [3.8, 4) is 5.75 Å². The molecule has 0 saturated carbocycles. The van der Waals surface area contributed by atoms with E-state index < -0.39 is 10.0 Å². The summed E-state index contributed by atoms with van der Waals surface area (Å²) in [6.45, 7) is 0. The Morgan fingerprint density at radius 3 is 2.74 bits per heavy atom. The lowest BCUT2D eigenvalue weighted by Gasteiger charge is -2.10. The van der Waals surface area contributed by atoms with Gasteiger partial charge in [-0.05, 0) is 40.2 Å². The second-order valence-corrected chi connectivity index (χ2v) is 6.18. The molecule has 1 aromatic heterocycles. The van der Waals surface area contributed by atoms with Crippen LogP contribution in [0.5, 0.6) is 5.75 Å². The van der Waals surface area contributed by atoms with E-state index >= 15 is 0 Å². The van der Waals surface area contributed by atoms with Gasteiger partial charge in [0.25, 0.3) is 10.0 Å². The number of aromatic nitrogens is 1. The van der Waals surface area contributed by atoms with Crippen LogP contribution in [0.3, 0.4) is 0 Å². The Labute approximate surface area is 119 Å². The van der Waals surface area contributed by atoms with Crippen LogP contribution in [0.2, 0.25) is 0 Å². The van der Waals surface area contributed by atoms with E-state index in [0.717, 1.165) is 0 Å². The lowest BCUT2D eigenvalue weighted by Crippen LogP contribution is -2.13. The first kappa shape index (κ1) is 13.8. The number of anilines is 1. The highest BCUT2D eigenvalue weighted by atomic mass is 79.9. The molecule has 2 aromatic rings. The molecule has 100 valence electrons. The Kier molecular flexibility index (Phi) is 4.06. The van der Waals surface area contributed by atoms with Gasteiger partial charge >= 0.3 is 0 Å². The Morgan fingerprint density at radius 1 is 1.32 bits per heavy atom. The molecular weight excluding hydrogens is 332 g/mol. The maximum absolute atomic E-state index is 12.1. The van der Waals surface area contributed by atoms with Crippen molar-refractivity contribution >= 4 is 31.6 Å². The average molecular weight is 343 g/mol. The summed E-state index contributed by atoms with van der Waals surface area (Å²) in [4.78, 5) is 3.89. The van der Waals surface area contributed by atoms with Crippen LogP contribution in [0.25, 0.3) is 0 Å². The van der Waals surface area contributed by atoms with Crippen LogP contribution in [0.1, 0.15) is 0 Å². The molecule has 0 unspecified atom stereocenters. The van der Waals surface area contributed by atoms with Crippen LogP contribution in [0.4, 0.5) is 5.69 Å². The third kappa shape index (κ3) is 3.24. The summed E-state index contributed by atoms with van der Waals surface area (Å²) in [5.74, 6) is 0.562. The minimum Gasteiger partial charge on any atom is -0.497 e. The first-order valence-electron chi connectivity index (χ1n) is 5.29. The van der Waals surface area contributed by atoms with Gasteiger partial charge in [-0.25, -0.2) is 8.42 Å². The van der Waals surface area contributed by atoms with E-state index in [2.05, 4.69) is 25.6 Å². The predicted octanol–water partition coefficient (Wildman–Crippen LogP) is 2.65. The highest BCUT2D eigenvalue weighted by Gasteiger charge is 2.16. The number of nitrogens with one attached hydrogen (secondary N) is 1. The largest absolute Gasteiger partial charge is 0.497 e. The number of ether oxygens (including phenoxy) is 1. The SMILES string of the molecule is COc1ccc(Br)c(NS(=O)(=O)c2cccnc2)c1. The van der Waals surface area contributed by atoms with Crippen LogP contribution in [-0.4, -0.2) is 20.5 Å². The quantitative estimate of drug-likeness (QED) is 0.927. The van der Waals surface area contributed by atoms with E-state index in [9.17, 15) is 8.42 Å². The molecule has 0 atom stereocenters. The van der Waals surface area contributed by atoms with Crippen LogP contribution in [0, 0.1) is 0 Å². The van der Waals surface area contributed by atoms with Crippen molar-refractivity contribution in [2.45, 2.75) is 4.90 Å². The number of pyridine rings is 1. The Hall–Kier alpha value is -1.60. The van der Waals surface area contributed by atoms with Gasteiger partial charge in [-0.2, -0.15) is 0 Å². The number of hydrogen-bond donors (Lipinski definition) is 1. The summed E-state index contributed by atoms with van der Waals surface area (Å²) < 4.78 is 32.5. The van der Waals surface area contributed by atoms with Crippen LogP contribution < -0.4 is 9.46 Å². The van der Waals surface area contributed by atoms with Crippen molar-refractivity contribution in [3.05, 3.63) is 47.2 Å². The van der Waals surface area contributed by atoms with E-state index in [0.29, 0.717) is 15.9 Å². The van der Waals surface area contributed by atoms with E-state index in [1.165, 1.54) is 25.6 Å². The van der Waals surface area contributed by atoms with Crippen LogP contribution >= 0.6 is 15.9 Å². The van der Waals surface area contributed by atoms with Gasteiger partial charge in [0.05, 0.1) is 12.8 Å². The number of rotatable bonds is 4. The zero-order valence-electron chi connectivity index (χ0n) is 10.00. The van der Waals surface area contributed by atoms with Crippen molar-refractivity contribution in [2.24, 2.45) is 0 Å². The highest BCUT2D eigenvalue weighted by Crippen LogP contribution is 2.28. The smallest absolute Gasteiger partial charge is 0.263 e. The van der Waals surface area contributed by atoms with Crippen LogP contribution in [-0.2, 0) is 10.0 Å². The molecule has 0 aliphatic heterocycles. The number of nitrogens with zero attached hydrogens (tertiary/aromatic N) is 1. The molecule has 0 aliphatic rings. The Bertz CT molecular complexity index is 675. The second kappa shape index (κ2) is 5.58. The zero-order chi connectivity index (χ0) is 13.9. The standard InChI is InChI=1S/C12H11BrN2O3S/c1-18-9-4-5-11(13)12(7-9)15-19(16,17)10-3-2-6-14-8-10/h2-8,15H,1H3. The Balaban J connectivity index is 2.36. The van der Waals surface area contributed by atoms with Crippen LogP contribution in [0.15, 0.2) is 52.1 Å². The molecular formula is C12H11BrN2O3S. The zero-order valence-corrected chi connectivity index (χ0v) is 12.4. The van der Waals surface area contributed by atoms with Crippen molar-refractivity contribution in [2.75, 3.05) is 11.8 Å². The maximum atomic E-state index is 12.1. The van der Waals surface area contributed by atoms with E-state index in [-0.39, 0.29) is 4.90 Å². The van der Waals surface area contributed by atoms with E-state index in [4.69, 9.17) is 4.74 Å². The maximum Gasteiger partial charge on any atom is 0.263 e. The first-order valence-corrected chi connectivity index (χ1v) is 7.57. The molecule has 0 fully saturated rings. The molecule has 1 aromatic carbocycles. The third-order valence-corrected chi connectivity index (χ3v) is 4.40. The second-order valence-electron chi connectivity index (χ2n) is 3.64. The van der Waals surface area contributed by atoms with Crippen molar-refractivity contribution in [3.63, 3.8) is 0 Å². The number of hydrogen-bond acceptors (Lipinski definition) is 4. The fraction of sp³-hybridized carbons (Fsp3) is 0.0833. The summed E-state index contributed by atoms with van der Waals surface area (Å²) in [7, 11) is -2.14. The van der Waals surface area contributed by atoms with Crippen molar-refractivity contribution in [1.82, 2.24) is 4.98 Å². The van der Waals surface area contributed by atoms with Gasteiger partial charge in [0, 0.05) is 22.9 Å². The fourth-order valence-electron chi connectivity index (χ4n) is 1.42. The van der Waals surface area contributed by atoms with E-state index in [1.54, 1.807) is 24.3 Å². The normalized spacial score (nSPS) is 11.1. The fourth-order valence-corrected chi connectivity index (χ4v) is 2.93. The molecule has 0 aliphatic carbocycles. The molecule has 0 bridgehead atoms. The molecule has 2 rings (SSSR count). The summed E-state index contributed by atoms with van der Waals surface area (Å²) in [6.07, 6.45) is 2.80. The molecule has 5 nitrogen and oxygen atoms in total. The summed E-state index contributed by atoms with van der Waals surface area (Å²) in [5, 5.41) is 0. The summed E-state index contributed by atoms with van der Waals surface area (Å²) >= 11 is 3.29. The number of benzene rings is 1. The Morgan fingerprint density at radius 2 is 2.11 bits per heavy atom. The molecule has 7 heteroatoms. The monoisotopic (exact) mass is 342 g/mol. The average Bonchev–Trinajstić information content (AvgIpc) is 2.42. The first-order chi connectivity index (χ1) is 9.03. The van der Waals surface area contributed by atoms with Gasteiger partial charge in [0.1, 0.15) is 10.6 Å². The van der Waals surface area contributed by atoms with Gasteiger partial charge < -0.3 is 4.74 Å². The molecule has 0 amide bonds. The lowest BCUT2D eigenvalue weighted by molar-refractivity contribution is 0.415. The molecule has 0 radical (unpaired) electrons. The number of halogens is 1. The van der Waals surface area contributed by atoms with Gasteiger partial charge in [0.2, 0.25) is 0 Å². The minimum absolute atomic E-state index is 0.102.